The van der Waals surface area contributed by atoms with Crippen LogP contribution in [-0.2, 0) is 0 Å². The predicted octanol–water partition coefficient (Wildman–Crippen LogP) is 1.54. The SMILES string of the molecule is C=c1[nH]n(-c2ccc(Cl)c(C(=O)[O-])c2)c(=O)/c1=C\c1ccc(C(C)C)cc1. The molecule has 6 heteroatoms. The minimum absolute atomic E-state index is 0.0465. The number of nitrogens with one attached hydrogen (secondary N) is 1. The zero-order valence-electron chi connectivity index (χ0n) is 15.0. The molecule has 0 aliphatic rings. The Kier molecular flexibility index (Phi) is 5.06. The molecule has 0 saturated heterocycles. The van der Waals surface area contributed by atoms with E-state index in [1.54, 1.807) is 12.1 Å². The van der Waals surface area contributed by atoms with Gasteiger partial charge in [-0.05, 0) is 41.3 Å². The van der Waals surface area contributed by atoms with E-state index in [0.29, 0.717) is 22.2 Å². The summed E-state index contributed by atoms with van der Waals surface area (Å²) in [6, 6.07) is 12.2. The number of benzene rings is 2. The summed E-state index contributed by atoms with van der Waals surface area (Å²) in [6.07, 6.45) is 1.75. The molecule has 27 heavy (non-hydrogen) atoms. The van der Waals surface area contributed by atoms with Gasteiger partial charge in [0.25, 0.3) is 5.56 Å². The lowest BCUT2D eigenvalue weighted by Crippen LogP contribution is -2.34. The summed E-state index contributed by atoms with van der Waals surface area (Å²) in [7, 11) is 0. The Morgan fingerprint density at radius 2 is 1.89 bits per heavy atom. The number of halogens is 1. The van der Waals surface area contributed by atoms with E-state index in [1.165, 1.54) is 22.4 Å². The van der Waals surface area contributed by atoms with E-state index in [4.69, 9.17) is 11.6 Å². The van der Waals surface area contributed by atoms with Crippen molar-refractivity contribution >= 4 is 30.2 Å². The fourth-order valence-electron chi connectivity index (χ4n) is 2.78. The third kappa shape index (κ3) is 3.73. The van der Waals surface area contributed by atoms with Crippen LogP contribution < -0.4 is 21.2 Å². The summed E-state index contributed by atoms with van der Waals surface area (Å²) in [5, 5.41) is 14.9. The van der Waals surface area contributed by atoms with Gasteiger partial charge in [0.05, 0.1) is 22.2 Å². The van der Waals surface area contributed by atoms with Crippen LogP contribution in [0.4, 0.5) is 0 Å². The van der Waals surface area contributed by atoms with Crippen LogP contribution in [0.1, 0.15) is 41.3 Å². The van der Waals surface area contributed by atoms with Gasteiger partial charge in [0.2, 0.25) is 0 Å². The van der Waals surface area contributed by atoms with Crippen LogP contribution in [0.2, 0.25) is 5.02 Å². The fraction of sp³-hybridized carbons (Fsp3) is 0.143. The smallest absolute Gasteiger partial charge is 0.279 e. The first-order chi connectivity index (χ1) is 12.8. The van der Waals surface area contributed by atoms with E-state index in [9.17, 15) is 14.7 Å². The molecule has 0 aliphatic carbocycles. The van der Waals surface area contributed by atoms with Crippen LogP contribution in [0.15, 0.2) is 47.3 Å². The maximum atomic E-state index is 12.8. The molecule has 0 atom stereocenters. The molecule has 2 aromatic carbocycles. The highest BCUT2D eigenvalue weighted by Gasteiger charge is 2.09. The number of aromatic carboxylic acids is 1. The van der Waals surface area contributed by atoms with E-state index >= 15 is 0 Å². The Morgan fingerprint density at radius 1 is 1.22 bits per heavy atom. The van der Waals surface area contributed by atoms with Crippen molar-refractivity contribution in [3.05, 3.63) is 85.1 Å². The Labute approximate surface area is 160 Å². The largest absolute Gasteiger partial charge is 0.545 e. The topological polar surface area (TPSA) is 77.9 Å². The van der Waals surface area contributed by atoms with Crippen LogP contribution in [0.25, 0.3) is 18.3 Å². The minimum atomic E-state index is -1.41. The van der Waals surface area contributed by atoms with Gasteiger partial charge in [0.15, 0.2) is 0 Å². The Morgan fingerprint density at radius 3 is 2.48 bits per heavy atom. The van der Waals surface area contributed by atoms with Crippen LogP contribution >= 0.6 is 11.6 Å². The number of carboxylic acids is 1. The Bertz CT molecular complexity index is 1170. The number of rotatable bonds is 4. The maximum Gasteiger partial charge on any atom is 0.279 e. The van der Waals surface area contributed by atoms with E-state index < -0.39 is 5.97 Å². The third-order valence-corrected chi connectivity index (χ3v) is 4.68. The fourth-order valence-corrected chi connectivity index (χ4v) is 2.97. The molecule has 1 heterocycles. The molecule has 138 valence electrons. The zero-order valence-corrected chi connectivity index (χ0v) is 15.7. The second-order valence-electron chi connectivity index (χ2n) is 6.56. The quantitative estimate of drug-likeness (QED) is 0.744. The molecule has 0 unspecified atom stereocenters. The first kappa shape index (κ1) is 18.7. The summed E-state index contributed by atoms with van der Waals surface area (Å²) < 4.78 is 1.24. The second-order valence-corrected chi connectivity index (χ2v) is 6.97. The minimum Gasteiger partial charge on any atom is -0.545 e. The Balaban J connectivity index is 2.11. The van der Waals surface area contributed by atoms with Gasteiger partial charge in [-0.3, -0.25) is 9.89 Å². The monoisotopic (exact) mass is 381 g/mol. The van der Waals surface area contributed by atoms with Gasteiger partial charge in [-0.25, -0.2) is 4.68 Å². The van der Waals surface area contributed by atoms with Gasteiger partial charge < -0.3 is 9.90 Å². The highest BCUT2D eigenvalue weighted by atomic mass is 35.5. The van der Waals surface area contributed by atoms with Crippen molar-refractivity contribution < 1.29 is 9.90 Å². The van der Waals surface area contributed by atoms with Crippen molar-refractivity contribution in [3.8, 4) is 5.69 Å². The van der Waals surface area contributed by atoms with Gasteiger partial charge in [-0.2, -0.15) is 0 Å². The molecular weight excluding hydrogens is 364 g/mol. The van der Waals surface area contributed by atoms with Crippen molar-refractivity contribution in [1.29, 1.82) is 0 Å². The molecule has 0 bridgehead atoms. The lowest BCUT2D eigenvalue weighted by Gasteiger charge is -2.08. The van der Waals surface area contributed by atoms with Crippen LogP contribution in [0.5, 0.6) is 0 Å². The lowest BCUT2D eigenvalue weighted by molar-refractivity contribution is -0.255. The van der Waals surface area contributed by atoms with Crippen molar-refractivity contribution in [1.82, 2.24) is 9.78 Å². The van der Waals surface area contributed by atoms with Gasteiger partial charge in [-0.1, -0.05) is 56.3 Å². The molecule has 0 aliphatic heterocycles. The van der Waals surface area contributed by atoms with Crippen LogP contribution in [0.3, 0.4) is 0 Å². The molecule has 0 saturated carbocycles. The summed E-state index contributed by atoms with van der Waals surface area (Å²) >= 11 is 5.86. The average molecular weight is 382 g/mol. The number of hydrogen-bond donors (Lipinski definition) is 1. The third-order valence-electron chi connectivity index (χ3n) is 4.35. The molecule has 3 aromatic rings. The van der Waals surface area contributed by atoms with Gasteiger partial charge in [-0.15, -0.1) is 0 Å². The molecule has 0 fully saturated rings. The molecule has 0 radical (unpaired) electrons. The number of aromatic amines is 1. The number of hydrogen-bond acceptors (Lipinski definition) is 3. The normalized spacial score (nSPS) is 11.9. The van der Waals surface area contributed by atoms with E-state index in [0.717, 1.165) is 5.56 Å². The maximum absolute atomic E-state index is 12.8. The summed E-state index contributed by atoms with van der Waals surface area (Å²) in [6.45, 7) is 8.11. The molecule has 0 amide bonds. The lowest BCUT2D eigenvalue weighted by atomic mass is 10.0. The standard InChI is InChI=1S/C21H19ClN2O3/c1-12(2)15-6-4-14(5-7-15)10-17-13(3)23-24(20(17)25)16-8-9-19(22)18(11-16)21(26)27/h4-12,23H,3H2,1-2H3,(H,26,27)/p-1/b17-10-. The number of carboxylic acid groups (broad SMARTS) is 1. The predicted molar refractivity (Wildman–Crippen MR) is 105 cm³/mol. The molecular formula is C21H18ClN2O3-. The Hall–Kier alpha value is -3.05. The first-order valence-electron chi connectivity index (χ1n) is 8.41. The number of carbonyl (C=O) groups is 1. The van der Waals surface area contributed by atoms with Gasteiger partial charge >= 0.3 is 0 Å². The molecule has 3 rings (SSSR count). The van der Waals surface area contributed by atoms with Crippen molar-refractivity contribution in [2.24, 2.45) is 0 Å². The van der Waals surface area contributed by atoms with Gasteiger partial charge in [0, 0.05) is 10.6 Å². The second kappa shape index (κ2) is 7.29. The number of H-pyrrole nitrogens is 1. The van der Waals surface area contributed by atoms with Crippen molar-refractivity contribution in [2.75, 3.05) is 0 Å². The average Bonchev–Trinajstić information content (AvgIpc) is 2.90. The molecule has 5 nitrogen and oxygen atoms in total. The van der Waals surface area contributed by atoms with Gasteiger partial charge in [0.1, 0.15) is 0 Å². The van der Waals surface area contributed by atoms with E-state index in [2.05, 4.69) is 25.5 Å². The zero-order chi connectivity index (χ0) is 19.7. The van der Waals surface area contributed by atoms with Crippen molar-refractivity contribution in [2.45, 2.75) is 19.8 Å². The summed E-state index contributed by atoms with van der Waals surface area (Å²) in [4.78, 5) is 24.0. The molecule has 0 spiro atoms. The number of carbonyl (C=O) groups excluding carboxylic acids is 1. The first-order valence-corrected chi connectivity index (χ1v) is 8.78. The molecule has 1 N–H and O–H groups in total. The highest BCUT2D eigenvalue weighted by Crippen LogP contribution is 2.18. The number of nitrogens with zero attached hydrogens (tertiary/aromatic N) is 1. The summed E-state index contributed by atoms with van der Waals surface area (Å²) in [5.74, 6) is -0.983. The van der Waals surface area contributed by atoms with E-state index in [1.807, 2.05) is 24.3 Å². The van der Waals surface area contributed by atoms with Crippen LogP contribution in [-0.4, -0.2) is 15.7 Å². The van der Waals surface area contributed by atoms with E-state index in [-0.39, 0.29) is 16.1 Å². The summed E-state index contributed by atoms with van der Waals surface area (Å²) in [5.41, 5.74) is 1.91. The number of aromatic nitrogens is 2. The highest BCUT2D eigenvalue weighted by molar-refractivity contribution is 6.33. The van der Waals surface area contributed by atoms with Crippen molar-refractivity contribution in [3.63, 3.8) is 0 Å². The molecule has 1 aromatic heterocycles. The van der Waals surface area contributed by atoms with Crippen LogP contribution in [0, 0.1) is 0 Å².